The predicted molar refractivity (Wildman–Crippen MR) is 91.5 cm³/mol. The van der Waals surface area contributed by atoms with E-state index in [-0.39, 0.29) is 16.1 Å². The van der Waals surface area contributed by atoms with Gasteiger partial charge in [0, 0.05) is 9.13 Å². The van der Waals surface area contributed by atoms with Gasteiger partial charge in [0.25, 0.3) is 10.0 Å². The van der Waals surface area contributed by atoms with Crippen molar-refractivity contribution in [2.24, 2.45) is 5.73 Å². The normalized spacial score (nSPS) is 11.0. The third-order valence-electron chi connectivity index (χ3n) is 2.85. The van der Waals surface area contributed by atoms with Crippen molar-refractivity contribution in [1.82, 2.24) is 0 Å². The van der Waals surface area contributed by atoms with Crippen molar-refractivity contribution in [3.8, 4) is 5.75 Å². The Morgan fingerprint density at radius 3 is 2.36 bits per heavy atom. The molecule has 2 rings (SSSR count). The highest BCUT2D eigenvalue weighted by Gasteiger charge is 2.17. The van der Waals surface area contributed by atoms with Crippen LogP contribution in [0.15, 0.2) is 47.4 Å². The van der Waals surface area contributed by atoms with Crippen LogP contribution >= 0.6 is 22.6 Å². The van der Waals surface area contributed by atoms with Gasteiger partial charge in [-0.3, -0.25) is 9.52 Å². The first-order valence-electron chi connectivity index (χ1n) is 6.10. The molecule has 0 bridgehead atoms. The number of benzene rings is 2. The number of ether oxygens (including phenoxy) is 1. The van der Waals surface area contributed by atoms with E-state index in [0.29, 0.717) is 5.75 Å². The Bertz CT molecular complexity index is 804. The maximum Gasteiger partial charge on any atom is 0.262 e. The van der Waals surface area contributed by atoms with Crippen LogP contribution in [0.3, 0.4) is 0 Å². The standard InChI is InChI=1S/C14H13IN2O4S/c1-21-13-7-2-9(14(16)18)8-12(13)17-22(19,20)11-5-3-10(15)4-6-11/h2-8,17H,1H3,(H2,16,18). The van der Waals surface area contributed by atoms with Gasteiger partial charge in [-0.15, -0.1) is 0 Å². The number of carbonyl (C=O) groups is 1. The van der Waals surface area contributed by atoms with E-state index >= 15 is 0 Å². The van der Waals surface area contributed by atoms with Crippen LogP contribution in [0.5, 0.6) is 5.75 Å². The summed E-state index contributed by atoms with van der Waals surface area (Å²) in [7, 11) is -2.39. The quantitative estimate of drug-likeness (QED) is 0.708. The second-order valence-corrected chi connectivity index (χ2v) is 7.27. The molecule has 3 N–H and O–H groups in total. The summed E-state index contributed by atoms with van der Waals surface area (Å²) >= 11 is 2.08. The molecule has 0 radical (unpaired) electrons. The van der Waals surface area contributed by atoms with Crippen molar-refractivity contribution in [1.29, 1.82) is 0 Å². The van der Waals surface area contributed by atoms with Crippen molar-refractivity contribution in [3.05, 3.63) is 51.6 Å². The molecule has 0 aromatic heterocycles. The molecule has 2 aromatic rings. The van der Waals surface area contributed by atoms with Gasteiger partial charge in [0.05, 0.1) is 17.7 Å². The van der Waals surface area contributed by atoms with Crippen molar-refractivity contribution in [3.63, 3.8) is 0 Å². The smallest absolute Gasteiger partial charge is 0.262 e. The summed E-state index contributed by atoms with van der Waals surface area (Å²) in [6.45, 7) is 0. The molecule has 1 amide bonds. The Kier molecular flexibility index (Phi) is 4.91. The van der Waals surface area contributed by atoms with Crippen LogP contribution in [-0.4, -0.2) is 21.4 Å². The fourth-order valence-electron chi connectivity index (χ4n) is 1.76. The van der Waals surface area contributed by atoms with Gasteiger partial charge in [-0.2, -0.15) is 0 Å². The third-order valence-corrected chi connectivity index (χ3v) is 4.95. The Balaban J connectivity index is 2.42. The van der Waals surface area contributed by atoms with Crippen LogP contribution in [0.2, 0.25) is 0 Å². The fourth-order valence-corrected chi connectivity index (χ4v) is 3.18. The van der Waals surface area contributed by atoms with Crippen molar-refractivity contribution in [2.45, 2.75) is 4.90 Å². The van der Waals surface area contributed by atoms with E-state index in [1.165, 1.54) is 37.4 Å². The number of hydrogen-bond donors (Lipinski definition) is 2. The van der Waals surface area contributed by atoms with E-state index in [4.69, 9.17) is 10.5 Å². The molecule has 2 aromatic carbocycles. The zero-order valence-corrected chi connectivity index (χ0v) is 14.5. The van der Waals surface area contributed by atoms with Crippen molar-refractivity contribution < 1.29 is 17.9 Å². The van der Waals surface area contributed by atoms with Crippen molar-refractivity contribution in [2.75, 3.05) is 11.8 Å². The zero-order valence-electron chi connectivity index (χ0n) is 11.5. The Morgan fingerprint density at radius 1 is 1.18 bits per heavy atom. The fraction of sp³-hybridized carbons (Fsp3) is 0.0714. The molecule has 0 aliphatic heterocycles. The number of sulfonamides is 1. The molecule has 0 aliphatic carbocycles. The minimum absolute atomic E-state index is 0.111. The SMILES string of the molecule is COc1ccc(C(N)=O)cc1NS(=O)(=O)c1ccc(I)cc1. The first-order valence-corrected chi connectivity index (χ1v) is 8.66. The number of halogens is 1. The Morgan fingerprint density at radius 2 is 1.82 bits per heavy atom. The summed E-state index contributed by atoms with van der Waals surface area (Å²) in [6.07, 6.45) is 0. The van der Waals surface area contributed by atoms with E-state index in [9.17, 15) is 13.2 Å². The molecule has 22 heavy (non-hydrogen) atoms. The lowest BCUT2D eigenvalue weighted by Gasteiger charge is -2.12. The molecular formula is C14H13IN2O4S. The summed E-state index contributed by atoms with van der Waals surface area (Å²) in [6, 6.07) is 10.6. The van der Waals surface area contributed by atoms with Crippen LogP contribution in [0.1, 0.15) is 10.4 Å². The summed E-state index contributed by atoms with van der Waals surface area (Å²) in [5.74, 6) is -0.364. The van der Waals surface area contributed by atoms with Crippen LogP contribution < -0.4 is 15.2 Å². The number of nitrogens with one attached hydrogen (secondary N) is 1. The number of carbonyl (C=O) groups excluding carboxylic acids is 1. The van der Waals surface area contributed by atoms with Crippen LogP contribution in [-0.2, 0) is 10.0 Å². The van der Waals surface area contributed by atoms with Gasteiger partial charge in [-0.1, -0.05) is 0 Å². The van der Waals surface area contributed by atoms with Crippen LogP contribution in [0, 0.1) is 3.57 Å². The summed E-state index contributed by atoms with van der Waals surface area (Å²) < 4.78 is 33.2. The molecule has 0 saturated carbocycles. The van der Waals surface area contributed by atoms with Gasteiger partial charge in [0.1, 0.15) is 5.75 Å². The molecular weight excluding hydrogens is 419 g/mol. The number of methoxy groups -OCH3 is 1. The molecule has 0 spiro atoms. The molecule has 0 heterocycles. The topological polar surface area (TPSA) is 98.5 Å². The summed E-state index contributed by atoms with van der Waals surface area (Å²) in [5, 5.41) is 0. The second kappa shape index (κ2) is 6.53. The van der Waals surface area contributed by atoms with Gasteiger partial charge >= 0.3 is 0 Å². The maximum absolute atomic E-state index is 12.4. The lowest BCUT2D eigenvalue weighted by atomic mass is 10.2. The molecule has 0 atom stereocenters. The van der Waals surface area contributed by atoms with E-state index in [1.54, 1.807) is 12.1 Å². The lowest BCUT2D eigenvalue weighted by Crippen LogP contribution is -2.15. The number of primary amides is 1. The number of rotatable bonds is 5. The van der Waals surface area contributed by atoms with Gasteiger partial charge in [-0.25, -0.2) is 8.42 Å². The monoisotopic (exact) mass is 432 g/mol. The number of anilines is 1. The van der Waals surface area contributed by atoms with Crippen LogP contribution in [0.25, 0.3) is 0 Å². The molecule has 116 valence electrons. The molecule has 0 unspecified atom stereocenters. The third kappa shape index (κ3) is 3.69. The average Bonchev–Trinajstić information content (AvgIpc) is 2.47. The summed E-state index contributed by atoms with van der Waals surface area (Å²) in [5.41, 5.74) is 5.54. The first kappa shape index (κ1) is 16.6. The zero-order chi connectivity index (χ0) is 16.3. The Labute approximate surface area is 141 Å². The van der Waals surface area contributed by atoms with Gasteiger partial charge in [0.15, 0.2) is 0 Å². The second-order valence-electron chi connectivity index (χ2n) is 4.34. The highest BCUT2D eigenvalue weighted by atomic mass is 127. The largest absolute Gasteiger partial charge is 0.495 e. The molecule has 0 aliphatic rings. The summed E-state index contributed by atoms with van der Waals surface area (Å²) in [4.78, 5) is 11.3. The average molecular weight is 432 g/mol. The molecule has 0 fully saturated rings. The first-order chi connectivity index (χ1) is 10.3. The highest BCUT2D eigenvalue weighted by Crippen LogP contribution is 2.28. The minimum Gasteiger partial charge on any atom is -0.495 e. The number of nitrogens with two attached hydrogens (primary N) is 1. The lowest BCUT2D eigenvalue weighted by molar-refractivity contribution is 0.100. The van der Waals surface area contributed by atoms with Gasteiger partial charge in [-0.05, 0) is 65.1 Å². The minimum atomic E-state index is -3.79. The Hall–Kier alpha value is -1.81. The predicted octanol–water partition coefficient (Wildman–Crippen LogP) is 2.20. The molecule has 8 heteroatoms. The molecule has 0 saturated heterocycles. The number of amides is 1. The van der Waals surface area contributed by atoms with E-state index < -0.39 is 15.9 Å². The van der Waals surface area contributed by atoms with E-state index in [2.05, 4.69) is 27.3 Å². The molecule has 6 nitrogen and oxygen atoms in total. The van der Waals surface area contributed by atoms with E-state index in [0.717, 1.165) is 3.57 Å². The highest BCUT2D eigenvalue weighted by molar-refractivity contribution is 14.1. The van der Waals surface area contributed by atoms with Crippen LogP contribution in [0.4, 0.5) is 5.69 Å². The van der Waals surface area contributed by atoms with E-state index in [1.807, 2.05) is 0 Å². The maximum atomic E-state index is 12.4. The van der Waals surface area contributed by atoms with Gasteiger partial charge < -0.3 is 10.5 Å². The van der Waals surface area contributed by atoms with Crippen molar-refractivity contribution >= 4 is 44.2 Å². The number of hydrogen-bond acceptors (Lipinski definition) is 4. The van der Waals surface area contributed by atoms with Gasteiger partial charge in [0.2, 0.25) is 5.91 Å².